The minimum atomic E-state index is -0.150. The van der Waals surface area contributed by atoms with Crippen LogP contribution in [0.25, 0.3) is 0 Å². The van der Waals surface area contributed by atoms with Crippen molar-refractivity contribution in [2.24, 2.45) is 0 Å². The van der Waals surface area contributed by atoms with Crippen molar-refractivity contribution < 1.29 is 9.59 Å². The Kier molecular flexibility index (Phi) is 7.11. The lowest BCUT2D eigenvalue weighted by atomic mass is 9.99. The zero-order valence-electron chi connectivity index (χ0n) is 14.1. The van der Waals surface area contributed by atoms with Crippen molar-refractivity contribution in [3.8, 4) is 0 Å². The number of nitrogens with one attached hydrogen (secondary N) is 1. The van der Waals surface area contributed by atoms with Crippen LogP contribution in [0.5, 0.6) is 0 Å². The smallest absolute Gasteiger partial charge is 0.232 e. The number of carbonyl (C=O) groups is 2. The number of amides is 2. The molecule has 0 saturated carbocycles. The van der Waals surface area contributed by atoms with Crippen molar-refractivity contribution in [3.05, 3.63) is 35.9 Å². The molecule has 1 aliphatic rings. The summed E-state index contributed by atoms with van der Waals surface area (Å²) >= 11 is 0. The van der Waals surface area contributed by atoms with Crippen LogP contribution in [0.15, 0.2) is 30.3 Å². The number of carbonyl (C=O) groups excluding carboxylic acids is 2. The second-order valence-corrected chi connectivity index (χ2v) is 6.26. The molecule has 0 spiro atoms. The van der Waals surface area contributed by atoms with E-state index in [1.807, 2.05) is 23.1 Å². The van der Waals surface area contributed by atoms with Gasteiger partial charge in [-0.2, -0.15) is 0 Å². The van der Waals surface area contributed by atoms with E-state index in [9.17, 15) is 9.59 Å². The Labute approximate surface area is 139 Å². The third-order valence-electron chi connectivity index (χ3n) is 4.54. The molecule has 126 valence electrons. The molecule has 2 amide bonds. The molecule has 2 rings (SSSR count). The molecule has 4 nitrogen and oxygen atoms in total. The van der Waals surface area contributed by atoms with Gasteiger partial charge < -0.3 is 10.2 Å². The van der Waals surface area contributed by atoms with E-state index in [1.165, 1.54) is 12.0 Å². The van der Waals surface area contributed by atoms with Crippen LogP contribution in [0.3, 0.4) is 0 Å². The second-order valence-electron chi connectivity index (χ2n) is 6.26. The van der Waals surface area contributed by atoms with E-state index in [-0.39, 0.29) is 18.2 Å². The highest BCUT2D eigenvalue weighted by atomic mass is 16.2. The van der Waals surface area contributed by atoms with Crippen LogP contribution in [-0.4, -0.2) is 35.8 Å². The number of aryl methyl sites for hydroxylation is 1. The molecule has 1 aliphatic heterocycles. The first kappa shape index (κ1) is 17.5. The van der Waals surface area contributed by atoms with E-state index in [0.717, 1.165) is 38.6 Å². The van der Waals surface area contributed by atoms with Crippen LogP contribution in [-0.2, 0) is 16.0 Å². The maximum absolute atomic E-state index is 12.3. The fraction of sp³-hybridized carbons (Fsp3) is 0.579. The Morgan fingerprint density at radius 3 is 2.74 bits per heavy atom. The lowest BCUT2D eigenvalue weighted by Crippen LogP contribution is -2.45. The molecule has 1 fully saturated rings. The summed E-state index contributed by atoms with van der Waals surface area (Å²) in [6.45, 7) is 3.54. The van der Waals surface area contributed by atoms with Crippen LogP contribution in [0.4, 0.5) is 0 Å². The molecule has 0 aliphatic carbocycles. The molecule has 1 saturated heterocycles. The summed E-state index contributed by atoms with van der Waals surface area (Å²) in [5.74, 6) is -0.166. The van der Waals surface area contributed by atoms with Crippen molar-refractivity contribution in [2.75, 3.05) is 13.1 Å². The Bertz CT molecular complexity index is 501. The van der Waals surface area contributed by atoms with Gasteiger partial charge in [0.2, 0.25) is 11.8 Å². The van der Waals surface area contributed by atoms with Gasteiger partial charge in [0.05, 0.1) is 0 Å². The maximum atomic E-state index is 12.3. The number of hydrogen-bond acceptors (Lipinski definition) is 2. The summed E-state index contributed by atoms with van der Waals surface area (Å²) in [6.07, 6.45) is 6.12. The zero-order chi connectivity index (χ0) is 16.5. The summed E-state index contributed by atoms with van der Waals surface area (Å²) in [5.41, 5.74) is 1.27. The highest BCUT2D eigenvalue weighted by molar-refractivity contribution is 5.97. The largest absolute Gasteiger partial charge is 0.356 e. The van der Waals surface area contributed by atoms with Gasteiger partial charge in [0.25, 0.3) is 0 Å². The van der Waals surface area contributed by atoms with Crippen LogP contribution in [0.2, 0.25) is 0 Å². The average molecular weight is 316 g/mol. The van der Waals surface area contributed by atoms with Gasteiger partial charge in [-0.15, -0.1) is 0 Å². The van der Waals surface area contributed by atoms with Crippen molar-refractivity contribution in [1.82, 2.24) is 10.2 Å². The van der Waals surface area contributed by atoms with Gasteiger partial charge in [0.15, 0.2) is 0 Å². The summed E-state index contributed by atoms with van der Waals surface area (Å²) in [5, 5.41) is 2.87. The summed E-state index contributed by atoms with van der Waals surface area (Å²) in [6, 6.07) is 10.5. The van der Waals surface area contributed by atoms with Gasteiger partial charge in [-0.05, 0) is 44.1 Å². The summed E-state index contributed by atoms with van der Waals surface area (Å²) in [7, 11) is 0. The Morgan fingerprint density at radius 2 is 2.00 bits per heavy atom. The lowest BCUT2D eigenvalue weighted by molar-refractivity contribution is -0.139. The monoisotopic (exact) mass is 316 g/mol. The molecule has 23 heavy (non-hydrogen) atoms. The Morgan fingerprint density at radius 1 is 1.22 bits per heavy atom. The van der Waals surface area contributed by atoms with Gasteiger partial charge in [0.1, 0.15) is 6.42 Å². The maximum Gasteiger partial charge on any atom is 0.232 e. The summed E-state index contributed by atoms with van der Waals surface area (Å²) in [4.78, 5) is 26.2. The Hall–Kier alpha value is -1.84. The molecule has 1 N–H and O–H groups in total. The van der Waals surface area contributed by atoms with Gasteiger partial charge in [-0.3, -0.25) is 9.59 Å². The first-order chi connectivity index (χ1) is 11.2. The van der Waals surface area contributed by atoms with Crippen LogP contribution in [0, 0.1) is 0 Å². The number of likely N-dealkylation sites (tertiary alicyclic amines) is 1. The fourth-order valence-electron chi connectivity index (χ4n) is 3.22. The normalized spacial score (nSPS) is 17.8. The van der Waals surface area contributed by atoms with Crippen molar-refractivity contribution in [3.63, 3.8) is 0 Å². The zero-order valence-corrected chi connectivity index (χ0v) is 14.1. The highest BCUT2D eigenvalue weighted by Gasteiger charge is 2.26. The highest BCUT2D eigenvalue weighted by Crippen LogP contribution is 2.20. The molecular formula is C19H28N2O2. The topological polar surface area (TPSA) is 49.4 Å². The van der Waals surface area contributed by atoms with Crippen molar-refractivity contribution in [1.29, 1.82) is 0 Å². The molecule has 0 aromatic heterocycles. The first-order valence-corrected chi connectivity index (χ1v) is 8.80. The fourth-order valence-corrected chi connectivity index (χ4v) is 3.22. The Balaban J connectivity index is 1.66. The standard InChI is InChI=1S/C19H28N2O2/c1-2-17-12-6-7-14-21(17)19(23)15-18(22)20-13-8-11-16-9-4-3-5-10-16/h3-5,9-10,17H,2,6-8,11-15H2,1H3,(H,20,22). The van der Waals surface area contributed by atoms with Gasteiger partial charge in [0, 0.05) is 19.1 Å². The molecule has 1 unspecified atom stereocenters. The molecule has 0 radical (unpaired) electrons. The number of nitrogens with zero attached hydrogens (tertiary/aromatic N) is 1. The van der Waals surface area contributed by atoms with Gasteiger partial charge in [-0.1, -0.05) is 37.3 Å². The third-order valence-corrected chi connectivity index (χ3v) is 4.54. The SMILES string of the molecule is CCC1CCCCN1C(=O)CC(=O)NCCCc1ccccc1. The minimum absolute atomic E-state index is 0.0121. The molecule has 1 heterocycles. The predicted octanol–water partition coefficient (Wildman–Crippen LogP) is 2.92. The van der Waals surface area contributed by atoms with E-state index in [4.69, 9.17) is 0 Å². The number of benzene rings is 1. The molecule has 1 aromatic rings. The van der Waals surface area contributed by atoms with Crippen LogP contribution in [0.1, 0.15) is 51.0 Å². The molecular weight excluding hydrogens is 288 g/mol. The van der Waals surface area contributed by atoms with E-state index < -0.39 is 0 Å². The minimum Gasteiger partial charge on any atom is -0.356 e. The first-order valence-electron chi connectivity index (χ1n) is 8.80. The lowest BCUT2D eigenvalue weighted by Gasteiger charge is -2.35. The van der Waals surface area contributed by atoms with E-state index in [2.05, 4.69) is 24.4 Å². The van der Waals surface area contributed by atoms with Crippen LogP contribution >= 0.6 is 0 Å². The number of rotatable bonds is 7. The molecule has 1 atom stereocenters. The summed E-state index contributed by atoms with van der Waals surface area (Å²) < 4.78 is 0. The van der Waals surface area contributed by atoms with E-state index >= 15 is 0 Å². The molecule has 0 bridgehead atoms. The predicted molar refractivity (Wildman–Crippen MR) is 92.0 cm³/mol. The van der Waals surface area contributed by atoms with Gasteiger partial charge in [-0.25, -0.2) is 0 Å². The average Bonchev–Trinajstić information content (AvgIpc) is 2.59. The van der Waals surface area contributed by atoms with Crippen molar-refractivity contribution in [2.45, 2.75) is 57.9 Å². The number of piperidine rings is 1. The quantitative estimate of drug-likeness (QED) is 0.621. The third kappa shape index (κ3) is 5.70. The number of hydrogen-bond donors (Lipinski definition) is 1. The molecule has 1 aromatic carbocycles. The molecule has 4 heteroatoms. The van der Waals surface area contributed by atoms with Crippen molar-refractivity contribution >= 4 is 11.8 Å². The van der Waals surface area contributed by atoms with E-state index in [1.54, 1.807) is 0 Å². The van der Waals surface area contributed by atoms with Gasteiger partial charge >= 0.3 is 0 Å². The second kappa shape index (κ2) is 9.33. The van der Waals surface area contributed by atoms with Crippen LogP contribution < -0.4 is 5.32 Å². The van der Waals surface area contributed by atoms with E-state index in [0.29, 0.717) is 12.6 Å².